The number of hydrogen-bond acceptors (Lipinski definition) is 2. The Morgan fingerprint density at radius 3 is 2.71 bits per heavy atom. The summed E-state index contributed by atoms with van der Waals surface area (Å²) in [6.07, 6.45) is 2.09. The summed E-state index contributed by atoms with van der Waals surface area (Å²) in [4.78, 5) is 0. The third-order valence-electron chi connectivity index (χ3n) is 3.12. The molecule has 2 nitrogen and oxygen atoms in total. The van der Waals surface area contributed by atoms with E-state index in [1.165, 1.54) is 12.1 Å². The number of halogens is 1. The first-order valence-electron chi connectivity index (χ1n) is 6.19. The molecule has 1 aromatic carbocycles. The largest absolute Gasteiger partial charge is 0.486 e. The molecular weight excluding hydrogens is 217 g/mol. The highest BCUT2D eigenvalue weighted by Crippen LogP contribution is 2.40. The number of nitrogens with one attached hydrogen (secondary N) is 1. The zero-order valence-corrected chi connectivity index (χ0v) is 10.7. The van der Waals surface area contributed by atoms with Gasteiger partial charge in [0, 0.05) is 18.7 Å². The lowest BCUT2D eigenvalue weighted by Gasteiger charge is -2.21. The van der Waals surface area contributed by atoms with E-state index in [-0.39, 0.29) is 11.4 Å². The molecular formula is C14H20FNO. The van der Waals surface area contributed by atoms with Gasteiger partial charge in [-0.1, -0.05) is 19.9 Å². The van der Waals surface area contributed by atoms with Crippen molar-refractivity contribution < 1.29 is 9.13 Å². The third kappa shape index (κ3) is 3.19. The highest BCUT2D eigenvalue weighted by molar-refractivity contribution is 5.34. The molecule has 0 heterocycles. The molecule has 1 N–H and O–H groups in total. The molecule has 0 bridgehead atoms. The van der Waals surface area contributed by atoms with Crippen LogP contribution < -0.4 is 10.1 Å². The van der Waals surface area contributed by atoms with Gasteiger partial charge in [-0.3, -0.25) is 0 Å². The minimum atomic E-state index is -0.238. The average molecular weight is 237 g/mol. The lowest BCUT2D eigenvalue weighted by molar-refractivity contribution is 0.170. The van der Waals surface area contributed by atoms with Crippen molar-refractivity contribution in [2.75, 3.05) is 6.54 Å². The summed E-state index contributed by atoms with van der Waals surface area (Å²) in [5, 5.41) is 3.38. The van der Waals surface area contributed by atoms with E-state index < -0.39 is 0 Å². The topological polar surface area (TPSA) is 21.3 Å². The van der Waals surface area contributed by atoms with E-state index in [1.54, 1.807) is 6.07 Å². The quantitative estimate of drug-likeness (QED) is 0.850. The number of benzene rings is 1. The second kappa shape index (κ2) is 4.65. The summed E-state index contributed by atoms with van der Waals surface area (Å²) in [5.74, 6) is 0.436. The van der Waals surface area contributed by atoms with Crippen molar-refractivity contribution in [1.29, 1.82) is 0 Å². The smallest absolute Gasteiger partial charge is 0.126 e. The SMILES string of the molecule is Cc1ccc(F)cc1OC1(CNC(C)C)CC1. The molecule has 0 unspecified atom stereocenters. The maximum atomic E-state index is 13.2. The first-order chi connectivity index (χ1) is 8.01. The Morgan fingerprint density at radius 1 is 1.41 bits per heavy atom. The van der Waals surface area contributed by atoms with Crippen LogP contribution in [0.5, 0.6) is 5.75 Å². The molecule has 0 radical (unpaired) electrons. The molecule has 1 aromatic rings. The van der Waals surface area contributed by atoms with Gasteiger partial charge in [0.05, 0.1) is 0 Å². The van der Waals surface area contributed by atoms with Gasteiger partial charge >= 0.3 is 0 Å². The number of rotatable bonds is 5. The fraction of sp³-hybridized carbons (Fsp3) is 0.571. The fourth-order valence-corrected chi connectivity index (χ4v) is 1.76. The van der Waals surface area contributed by atoms with E-state index in [0.717, 1.165) is 24.9 Å². The molecule has 2 rings (SSSR count). The van der Waals surface area contributed by atoms with E-state index in [0.29, 0.717) is 11.8 Å². The Kier molecular flexibility index (Phi) is 3.38. The Bertz CT molecular complexity index is 399. The van der Waals surface area contributed by atoms with Crippen LogP contribution in [0.2, 0.25) is 0 Å². The first kappa shape index (κ1) is 12.4. The van der Waals surface area contributed by atoms with Crippen LogP contribution in [0.3, 0.4) is 0 Å². The van der Waals surface area contributed by atoms with Gasteiger partial charge in [0.15, 0.2) is 0 Å². The Balaban J connectivity index is 2.02. The molecule has 1 aliphatic rings. The fourth-order valence-electron chi connectivity index (χ4n) is 1.76. The third-order valence-corrected chi connectivity index (χ3v) is 3.12. The zero-order chi connectivity index (χ0) is 12.5. The molecule has 1 saturated carbocycles. The van der Waals surface area contributed by atoms with Crippen LogP contribution >= 0.6 is 0 Å². The maximum absolute atomic E-state index is 13.2. The van der Waals surface area contributed by atoms with Crippen molar-refractivity contribution >= 4 is 0 Å². The van der Waals surface area contributed by atoms with Crippen LogP contribution in [0.15, 0.2) is 18.2 Å². The number of hydrogen-bond donors (Lipinski definition) is 1. The van der Waals surface area contributed by atoms with Crippen LogP contribution in [0.4, 0.5) is 4.39 Å². The summed E-state index contributed by atoms with van der Waals surface area (Å²) in [6, 6.07) is 5.15. The lowest BCUT2D eigenvalue weighted by Crippen LogP contribution is -2.37. The number of aryl methyl sites for hydroxylation is 1. The van der Waals surface area contributed by atoms with E-state index >= 15 is 0 Å². The molecule has 0 aliphatic heterocycles. The van der Waals surface area contributed by atoms with Gasteiger partial charge < -0.3 is 10.1 Å². The summed E-state index contributed by atoms with van der Waals surface area (Å²) in [5.41, 5.74) is 0.880. The van der Waals surface area contributed by atoms with Crippen molar-refractivity contribution in [1.82, 2.24) is 5.32 Å². The van der Waals surface area contributed by atoms with E-state index in [4.69, 9.17) is 4.74 Å². The van der Waals surface area contributed by atoms with Crippen molar-refractivity contribution in [3.05, 3.63) is 29.6 Å². The van der Waals surface area contributed by atoms with Crippen LogP contribution in [-0.4, -0.2) is 18.2 Å². The minimum Gasteiger partial charge on any atom is -0.486 e. The Hall–Kier alpha value is -1.09. The summed E-state index contributed by atoms with van der Waals surface area (Å²) >= 11 is 0. The predicted octanol–water partition coefficient (Wildman–Crippen LogP) is 3.04. The Morgan fingerprint density at radius 2 is 2.12 bits per heavy atom. The molecule has 0 atom stereocenters. The van der Waals surface area contributed by atoms with Gasteiger partial charge in [-0.05, 0) is 31.4 Å². The highest BCUT2D eigenvalue weighted by atomic mass is 19.1. The van der Waals surface area contributed by atoms with Gasteiger partial charge in [-0.2, -0.15) is 0 Å². The molecule has 1 fully saturated rings. The average Bonchev–Trinajstić information content (AvgIpc) is 3.02. The van der Waals surface area contributed by atoms with Gasteiger partial charge in [0.1, 0.15) is 17.2 Å². The molecule has 0 spiro atoms. The van der Waals surface area contributed by atoms with E-state index in [9.17, 15) is 4.39 Å². The van der Waals surface area contributed by atoms with Gasteiger partial charge in [0.2, 0.25) is 0 Å². The molecule has 3 heteroatoms. The molecule has 0 amide bonds. The molecule has 94 valence electrons. The van der Waals surface area contributed by atoms with Crippen molar-refractivity contribution in [3.63, 3.8) is 0 Å². The maximum Gasteiger partial charge on any atom is 0.126 e. The van der Waals surface area contributed by atoms with Gasteiger partial charge in [-0.25, -0.2) is 4.39 Å². The van der Waals surface area contributed by atoms with Gasteiger partial charge in [0.25, 0.3) is 0 Å². The lowest BCUT2D eigenvalue weighted by atomic mass is 10.2. The van der Waals surface area contributed by atoms with Gasteiger partial charge in [-0.15, -0.1) is 0 Å². The van der Waals surface area contributed by atoms with E-state index in [2.05, 4.69) is 19.2 Å². The van der Waals surface area contributed by atoms with Crippen molar-refractivity contribution in [2.45, 2.75) is 45.3 Å². The minimum absolute atomic E-state index is 0.108. The van der Waals surface area contributed by atoms with Crippen LogP contribution in [0.1, 0.15) is 32.3 Å². The molecule has 0 saturated heterocycles. The zero-order valence-electron chi connectivity index (χ0n) is 10.7. The van der Waals surface area contributed by atoms with E-state index in [1.807, 2.05) is 6.92 Å². The summed E-state index contributed by atoms with van der Waals surface area (Å²) < 4.78 is 19.1. The predicted molar refractivity (Wildman–Crippen MR) is 66.9 cm³/mol. The summed E-state index contributed by atoms with van der Waals surface area (Å²) in [7, 11) is 0. The normalized spacial score (nSPS) is 17.2. The monoisotopic (exact) mass is 237 g/mol. The van der Waals surface area contributed by atoms with Crippen LogP contribution in [0.25, 0.3) is 0 Å². The summed E-state index contributed by atoms with van der Waals surface area (Å²) in [6.45, 7) is 7.01. The van der Waals surface area contributed by atoms with Crippen molar-refractivity contribution in [2.24, 2.45) is 0 Å². The second-order valence-corrected chi connectivity index (χ2v) is 5.23. The molecule has 1 aliphatic carbocycles. The highest BCUT2D eigenvalue weighted by Gasteiger charge is 2.45. The van der Waals surface area contributed by atoms with Crippen molar-refractivity contribution in [3.8, 4) is 5.75 Å². The first-order valence-corrected chi connectivity index (χ1v) is 6.19. The van der Waals surface area contributed by atoms with Crippen LogP contribution in [0, 0.1) is 12.7 Å². The molecule has 17 heavy (non-hydrogen) atoms. The second-order valence-electron chi connectivity index (χ2n) is 5.23. The Labute approximate surface area is 102 Å². The molecule has 0 aromatic heterocycles. The van der Waals surface area contributed by atoms with Crippen LogP contribution in [-0.2, 0) is 0 Å². The number of ether oxygens (including phenoxy) is 1. The standard InChI is InChI=1S/C14H20FNO/c1-10(2)16-9-14(6-7-14)17-13-8-12(15)5-4-11(13)3/h4-5,8,10,16H,6-7,9H2,1-3H3.